The average Bonchev–Trinajstić information content (AvgIpc) is 2.58. The predicted octanol–water partition coefficient (Wildman–Crippen LogP) is 3.59. The van der Waals surface area contributed by atoms with Gasteiger partial charge in [-0.05, 0) is 44.2 Å². The minimum atomic E-state index is -0.378. The molecule has 0 saturated heterocycles. The number of alkyl carbamates (subject to hydrolysis) is 1. The van der Waals surface area contributed by atoms with Crippen LogP contribution in [0.3, 0.4) is 0 Å². The summed E-state index contributed by atoms with van der Waals surface area (Å²) in [5.74, 6) is 0.199. The summed E-state index contributed by atoms with van der Waals surface area (Å²) in [6, 6.07) is 4.43. The number of nitrogens with one attached hydrogen (secondary N) is 1. The first-order valence-electron chi connectivity index (χ1n) is 8.56. The molecule has 1 N–H and O–H groups in total. The molecule has 0 spiro atoms. The van der Waals surface area contributed by atoms with Gasteiger partial charge in [-0.15, -0.1) is 0 Å². The Kier molecular flexibility index (Phi) is 7.82. The molecule has 134 valence electrons. The van der Waals surface area contributed by atoms with E-state index in [1.807, 2.05) is 6.92 Å². The molecular weight excluding hydrogens is 313 g/mol. The summed E-state index contributed by atoms with van der Waals surface area (Å²) in [6.07, 6.45) is 5.09. The van der Waals surface area contributed by atoms with Gasteiger partial charge in [-0.2, -0.15) is 0 Å². The number of ether oxygens (including phenoxy) is 3. The predicted molar refractivity (Wildman–Crippen MR) is 88.8 cm³/mol. The SMILES string of the molecule is Cc1ccc(F)cc1OCCOCCNC(=O)OC1CCCCC1. The number of halogens is 1. The fourth-order valence-corrected chi connectivity index (χ4v) is 2.64. The van der Waals surface area contributed by atoms with E-state index in [4.69, 9.17) is 14.2 Å². The highest BCUT2D eigenvalue weighted by Gasteiger charge is 2.17. The maximum absolute atomic E-state index is 13.1. The van der Waals surface area contributed by atoms with E-state index in [9.17, 15) is 9.18 Å². The van der Waals surface area contributed by atoms with Crippen molar-refractivity contribution in [1.82, 2.24) is 5.32 Å². The molecule has 1 aromatic carbocycles. The smallest absolute Gasteiger partial charge is 0.407 e. The molecule has 24 heavy (non-hydrogen) atoms. The van der Waals surface area contributed by atoms with E-state index >= 15 is 0 Å². The summed E-state index contributed by atoms with van der Waals surface area (Å²) in [5, 5.41) is 2.68. The molecular formula is C18H26FNO4. The first-order chi connectivity index (χ1) is 11.6. The van der Waals surface area contributed by atoms with Crippen LogP contribution in [0.15, 0.2) is 18.2 Å². The lowest BCUT2D eigenvalue weighted by Gasteiger charge is -2.21. The van der Waals surface area contributed by atoms with Crippen molar-refractivity contribution in [3.63, 3.8) is 0 Å². The number of benzene rings is 1. The Morgan fingerprint density at radius 1 is 1.21 bits per heavy atom. The lowest BCUT2D eigenvalue weighted by atomic mass is 9.98. The number of carbonyl (C=O) groups excluding carboxylic acids is 1. The molecule has 1 fully saturated rings. The van der Waals surface area contributed by atoms with Crippen molar-refractivity contribution in [2.45, 2.75) is 45.1 Å². The Labute approximate surface area is 142 Å². The van der Waals surface area contributed by atoms with E-state index in [1.54, 1.807) is 6.07 Å². The number of aryl methyl sites for hydroxylation is 1. The summed E-state index contributed by atoms with van der Waals surface area (Å²) in [6.45, 7) is 3.33. The van der Waals surface area contributed by atoms with Crippen LogP contribution in [-0.4, -0.2) is 38.6 Å². The van der Waals surface area contributed by atoms with Crippen molar-refractivity contribution in [3.8, 4) is 5.75 Å². The maximum atomic E-state index is 13.1. The molecule has 6 heteroatoms. The Morgan fingerprint density at radius 2 is 2.00 bits per heavy atom. The van der Waals surface area contributed by atoms with Crippen molar-refractivity contribution >= 4 is 6.09 Å². The molecule has 1 aliphatic rings. The minimum absolute atomic E-state index is 0.0579. The van der Waals surface area contributed by atoms with Crippen molar-refractivity contribution in [3.05, 3.63) is 29.6 Å². The third kappa shape index (κ3) is 6.74. The molecule has 2 rings (SSSR count). The van der Waals surface area contributed by atoms with Gasteiger partial charge in [0.25, 0.3) is 0 Å². The van der Waals surface area contributed by atoms with Crippen molar-refractivity contribution < 1.29 is 23.4 Å². The van der Waals surface area contributed by atoms with Gasteiger partial charge >= 0.3 is 6.09 Å². The Balaban J connectivity index is 1.49. The van der Waals surface area contributed by atoms with Gasteiger partial charge in [-0.3, -0.25) is 0 Å². The van der Waals surface area contributed by atoms with Crippen LogP contribution in [0.4, 0.5) is 9.18 Å². The zero-order chi connectivity index (χ0) is 17.2. The van der Waals surface area contributed by atoms with Crippen molar-refractivity contribution in [2.24, 2.45) is 0 Å². The third-order valence-corrected chi connectivity index (χ3v) is 3.98. The van der Waals surface area contributed by atoms with E-state index in [1.165, 1.54) is 18.6 Å². The van der Waals surface area contributed by atoms with Gasteiger partial charge in [0, 0.05) is 12.6 Å². The lowest BCUT2D eigenvalue weighted by molar-refractivity contribution is 0.0688. The summed E-state index contributed by atoms with van der Waals surface area (Å²) < 4.78 is 29.3. The van der Waals surface area contributed by atoms with Crippen LogP contribution in [0.1, 0.15) is 37.7 Å². The van der Waals surface area contributed by atoms with E-state index < -0.39 is 0 Å². The van der Waals surface area contributed by atoms with Gasteiger partial charge in [0.1, 0.15) is 24.3 Å². The molecule has 0 atom stereocenters. The van der Waals surface area contributed by atoms with E-state index in [0.717, 1.165) is 31.2 Å². The fraction of sp³-hybridized carbons (Fsp3) is 0.611. The van der Waals surface area contributed by atoms with Crippen molar-refractivity contribution in [1.29, 1.82) is 0 Å². The van der Waals surface area contributed by atoms with Gasteiger partial charge in [-0.1, -0.05) is 12.5 Å². The quantitative estimate of drug-likeness (QED) is 0.736. The Hall–Kier alpha value is -1.82. The molecule has 0 unspecified atom stereocenters. The molecule has 1 aliphatic carbocycles. The summed E-state index contributed by atoms with van der Waals surface area (Å²) in [7, 11) is 0. The highest BCUT2D eigenvalue weighted by molar-refractivity contribution is 5.67. The number of rotatable bonds is 8. The van der Waals surface area contributed by atoms with E-state index in [2.05, 4.69) is 5.32 Å². The van der Waals surface area contributed by atoms with Gasteiger partial charge in [-0.25, -0.2) is 9.18 Å². The molecule has 1 amide bonds. The van der Waals surface area contributed by atoms with E-state index in [0.29, 0.717) is 32.1 Å². The minimum Gasteiger partial charge on any atom is -0.491 e. The van der Waals surface area contributed by atoms with Crippen LogP contribution in [0.2, 0.25) is 0 Å². The van der Waals surface area contributed by atoms with Gasteiger partial charge in [0.05, 0.1) is 13.2 Å². The van der Waals surface area contributed by atoms with Crippen LogP contribution >= 0.6 is 0 Å². The molecule has 0 radical (unpaired) electrons. The average molecular weight is 339 g/mol. The Morgan fingerprint density at radius 3 is 2.79 bits per heavy atom. The van der Waals surface area contributed by atoms with Gasteiger partial charge in [0.2, 0.25) is 0 Å². The Bertz CT molecular complexity index is 518. The standard InChI is InChI=1S/C18H26FNO4/c1-14-7-8-15(19)13-17(14)23-12-11-22-10-9-20-18(21)24-16-5-3-2-4-6-16/h7-8,13,16H,2-6,9-12H2,1H3,(H,20,21). The summed E-state index contributed by atoms with van der Waals surface area (Å²) in [4.78, 5) is 11.6. The molecule has 0 bridgehead atoms. The molecule has 0 aliphatic heterocycles. The summed E-state index contributed by atoms with van der Waals surface area (Å²) >= 11 is 0. The monoisotopic (exact) mass is 339 g/mol. The van der Waals surface area contributed by atoms with Crippen LogP contribution in [0.25, 0.3) is 0 Å². The fourth-order valence-electron chi connectivity index (χ4n) is 2.64. The first kappa shape index (κ1) is 18.5. The molecule has 0 aromatic heterocycles. The summed E-state index contributed by atoms with van der Waals surface area (Å²) in [5.41, 5.74) is 0.878. The van der Waals surface area contributed by atoms with Crippen LogP contribution in [-0.2, 0) is 9.47 Å². The molecule has 5 nitrogen and oxygen atoms in total. The number of carbonyl (C=O) groups is 1. The molecule has 1 aromatic rings. The number of amides is 1. The van der Waals surface area contributed by atoms with Crippen LogP contribution < -0.4 is 10.1 Å². The normalized spacial score (nSPS) is 15.1. The molecule has 1 saturated carbocycles. The topological polar surface area (TPSA) is 56.8 Å². The lowest BCUT2D eigenvalue weighted by Crippen LogP contribution is -2.32. The second kappa shape index (κ2) is 10.1. The largest absolute Gasteiger partial charge is 0.491 e. The van der Waals surface area contributed by atoms with E-state index in [-0.39, 0.29) is 18.0 Å². The van der Waals surface area contributed by atoms with Gasteiger partial charge < -0.3 is 19.5 Å². The second-order valence-electron chi connectivity index (χ2n) is 5.96. The second-order valence-corrected chi connectivity index (χ2v) is 5.96. The molecule has 0 heterocycles. The highest BCUT2D eigenvalue weighted by atomic mass is 19.1. The van der Waals surface area contributed by atoms with Crippen LogP contribution in [0, 0.1) is 12.7 Å². The zero-order valence-corrected chi connectivity index (χ0v) is 14.2. The van der Waals surface area contributed by atoms with Crippen LogP contribution in [0.5, 0.6) is 5.75 Å². The maximum Gasteiger partial charge on any atom is 0.407 e. The van der Waals surface area contributed by atoms with Crippen molar-refractivity contribution in [2.75, 3.05) is 26.4 Å². The zero-order valence-electron chi connectivity index (χ0n) is 14.2. The highest BCUT2D eigenvalue weighted by Crippen LogP contribution is 2.20. The first-order valence-corrected chi connectivity index (χ1v) is 8.56. The number of hydrogen-bond donors (Lipinski definition) is 1. The third-order valence-electron chi connectivity index (χ3n) is 3.98. The van der Waals surface area contributed by atoms with Gasteiger partial charge in [0.15, 0.2) is 0 Å². The number of hydrogen-bond acceptors (Lipinski definition) is 4.